The summed E-state index contributed by atoms with van der Waals surface area (Å²) in [5.74, 6) is 0.123. The molecule has 0 saturated carbocycles. The zero-order chi connectivity index (χ0) is 12.5. The van der Waals surface area contributed by atoms with E-state index in [-0.39, 0.29) is 5.91 Å². The van der Waals surface area contributed by atoms with E-state index in [0.29, 0.717) is 6.42 Å². The molecular formula is C16H13NO. The Labute approximate surface area is 106 Å². The third-order valence-corrected chi connectivity index (χ3v) is 3.19. The molecule has 2 nitrogen and oxygen atoms in total. The first-order valence-corrected chi connectivity index (χ1v) is 5.93. The summed E-state index contributed by atoms with van der Waals surface area (Å²) in [5.41, 5.74) is 4.00. The number of carbonyl (C=O) groups excluding carboxylic acids is 1. The Kier molecular flexibility index (Phi) is 2.49. The molecule has 0 spiro atoms. The molecule has 1 heterocycles. The highest BCUT2D eigenvalue weighted by Crippen LogP contribution is 2.35. The zero-order valence-electron chi connectivity index (χ0n) is 9.97. The highest BCUT2D eigenvalue weighted by atomic mass is 16.2. The molecule has 1 amide bonds. The molecule has 0 atom stereocenters. The van der Waals surface area contributed by atoms with Crippen molar-refractivity contribution in [3.63, 3.8) is 0 Å². The number of nitrogens with zero attached hydrogens (tertiary/aromatic N) is 1. The zero-order valence-corrected chi connectivity index (χ0v) is 9.97. The van der Waals surface area contributed by atoms with Gasteiger partial charge in [0.15, 0.2) is 0 Å². The van der Waals surface area contributed by atoms with E-state index >= 15 is 0 Å². The van der Waals surface area contributed by atoms with Gasteiger partial charge in [-0.15, -0.1) is 0 Å². The van der Waals surface area contributed by atoms with Gasteiger partial charge < -0.3 is 0 Å². The lowest BCUT2D eigenvalue weighted by atomic mass is 10.1. The van der Waals surface area contributed by atoms with Crippen LogP contribution in [0.1, 0.15) is 11.1 Å². The number of anilines is 2. The summed E-state index contributed by atoms with van der Waals surface area (Å²) in [6.45, 7) is 3.77. The van der Waals surface area contributed by atoms with Crippen LogP contribution in [0.5, 0.6) is 0 Å². The molecule has 1 aliphatic rings. The van der Waals surface area contributed by atoms with E-state index in [2.05, 4.69) is 6.58 Å². The van der Waals surface area contributed by atoms with Crippen LogP contribution in [0.25, 0.3) is 6.08 Å². The number of hydrogen-bond acceptors (Lipinski definition) is 1. The van der Waals surface area contributed by atoms with Crippen LogP contribution in [0.15, 0.2) is 55.1 Å². The Morgan fingerprint density at radius 3 is 2.61 bits per heavy atom. The topological polar surface area (TPSA) is 20.3 Å². The lowest BCUT2D eigenvalue weighted by Gasteiger charge is -2.17. The summed E-state index contributed by atoms with van der Waals surface area (Å²) in [7, 11) is 0. The lowest BCUT2D eigenvalue weighted by Crippen LogP contribution is -2.20. The molecule has 1 aliphatic heterocycles. The fraction of sp³-hybridized carbons (Fsp3) is 0.0625. The van der Waals surface area contributed by atoms with Crippen LogP contribution in [0.3, 0.4) is 0 Å². The van der Waals surface area contributed by atoms with Crippen molar-refractivity contribution in [2.24, 2.45) is 0 Å². The van der Waals surface area contributed by atoms with Gasteiger partial charge in [0.1, 0.15) is 0 Å². The van der Waals surface area contributed by atoms with Crippen molar-refractivity contribution >= 4 is 23.4 Å². The predicted octanol–water partition coefficient (Wildman–Crippen LogP) is 3.55. The molecule has 18 heavy (non-hydrogen) atoms. The van der Waals surface area contributed by atoms with Gasteiger partial charge in [0.25, 0.3) is 0 Å². The maximum absolute atomic E-state index is 12.1. The van der Waals surface area contributed by atoms with Gasteiger partial charge in [-0.1, -0.05) is 43.0 Å². The number of benzene rings is 2. The molecule has 2 aromatic rings. The largest absolute Gasteiger partial charge is 0.280 e. The number of hydrogen-bond donors (Lipinski definition) is 0. The SMILES string of the molecule is C=Cc1ccc2c(c1)N(c1ccccc1)C(=O)C2. The van der Waals surface area contributed by atoms with Gasteiger partial charge >= 0.3 is 0 Å². The second kappa shape index (κ2) is 4.15. The van der Waals surface area contributed by atoms with Crippen LogP contribution >= 0.6 is 0 Å². The Morgan fingerprint density at radius 2 is 1.89 bits per heavy atom. The Bertz CT molecular complexity index is 616. The highest BCUT2D eigenvalue weighted by molar-refractivity contribution is 6.07. The molecule has 2 heteroatoms. The maximum Gasteiger partial charge on any atom is 0.236 e. The van der Waals surface area contributed by atoms with Gasteiger partial charge in [-0.25, -0.2) is 0 Å². The Morgan fingerprint density at radius 1 is 1.11 bits per heavy atom. The second-order valence-corrected chi connectivity index (χ2v) is 4.33. The molecule has 0 radical (unpaired) electrons. The van der Waals surface area contributed by atoms with Crippen LogP contribution < -0.4 is 4.90 Å². The summed E-state index contributed by atoms with van der Waals surface area (Å²) in [6, 6.07) is 15.8. The van der Waals surface area contributed by atoms with Gasteiger partial charge in [-0.2, -0.15) is 0 Å². The third-order valence-electron chi connectivity index (χ3n) is 3.19. The van der Waals surface area contributed by atoms with Gasteiger partial charge in [0.05, 0.1) is 12.1 Å². The van der Waals surface area contributed by atoms with Crippen molar-refractivity contribution < 1.29 is 4.79 Å². The number of fused-ring (bicyclic) bond motifs is 1. The average molecular weight is 235 g/mol. The van der Waals surface area contributed by atoms with Crippen LogP contribution in [-0.2, 0) is 11.2 Å². The molecule has 0 N–H and O–H groups in total. The highest BCUT2D eigenvalue weighted by Gasteiger charge is 2.28. The van der Waals surface area contributed by atoms with Crippen LogP contribution in [0.4, 0.5) is 11.4 Å². The fourth-order valence-corrected chi connectivity index (χ4v) is 2.30. The molecule has 3 rings (SSSR count). The molecule has 0 bridgehead atoms. The number of rotatable bonds is 2. The van der Waals surface area contributed by atoms with Crippen LogP contribution in [0, 0.1) is 0 Å². The smallest absolute Gasteiger partial charge is 0.236 e. The molecule has 88 valence electrons. The Balaban J connectivity index is 2.13. The average Bonchev–Trinajstić information content (AvgIpc) is 2.74. The summed E-state index contributed by atoms with van der Waals surface area (Å²) in [4.78, 5) is 13.9. The predicted molar refractivity (Wildman–Crippen MR) is 73.8 cm³/mol. The number of amides is 1. The minimum Gasteiger partial charge on any atom is -0.280 e. The van der Waals surface area contributed by atoms with Gasteiger partial charge in [0, 0.05) is 5.69 Å². The van der Waals surface area contributed by atoms with E-state index in [4.69, 9.17) is 0 Å². The van der Waals surface area contributed by atoms with Crippen LogP contribution in [-0.4, -0.2) is 5.91 Å². The van der Waals surface area contributed by atoms with E-state index in [1.807, 2.05) is 48.5 Å². The molecule has 0 saturated heterocycles. The number of carbonyl (C=O) groups is 1. The van der Waals surface area contributed by atoms with E-state index in [1.54, 1.807) is 11.0 Å². The van der Waals surface area contributed by atoms with Crippen molar-refractivity contribution in [1.82, 2.24) is 0 Å². The van der Waals surface area contributed by atoms with Gasteiger partial charge in [-0.05, 0) is 29.3 Å². The lowest BCUT2D eigenvalue weighted by molar-refractivity contribution is -0.116. The first-order valence-electron chi connectivity index (χ1n) is 5.93. The second-order valence-electron chi connectivity index (χ2n) is 4.33. The number of para-hydroxylation sites is 1. The van der Waals surface area contributed by atoms with Crippen molar-refractivity contribution in [2.45, 2.75) is 6.42 Å². The first kappa shape index (κ1) is 10.8. The summed E-state index contributed by atoms with van der Waals surface area (Å²) < 4.78 is 0. The monoisotopic (exact) mass is 235 g/mol. The van der Waals surface area contributed by atoms with E-state index in [1.165, 1.54) is 0 Å². The molecular weight excluding hydrogens is 222 g/mol. The van der Waals surface area contributed by atoms with Crippen molar-refractivity contribution in [2.75, 3.05) is 4.90 Å². The van der Waals surface area contributed by atoms with E-state index < -0.39 is 0 Å². The standard InChI is InChI=1S/C16H13NO/c1-2-12-8-9-13-11-16(18)17(15(13)10-12)14-6-4-3-5-7-14/h2-10H,1,11H2. The van der Waals surface area contributed by atoms with E-state index in [0.717, 1.165) is 22.5 Å². The maximum atomic E-state index is 12.1. The summed E-state index contributed by atoms with van der Waals surface area (Å²) in [6.07, 6.45) is 2.27. The summed E-state index contributed by atoms with van der Waals surface area (Å²) >= 11 is 0. The quantitative estimate of drug-likeness (QED) is 0.779. The molecule has 0 fully saturated rings. The van der Waals surface area contributed by atoms with Crippen molar-refractivity contribution in [3.05, 3.63) is 66.2 Å². The minimum absolute atomic E-state index is 0.123. The molecule has 0 aliphatic carbocycles. The van der Waals surface area contributed by atoms with E-state index in [9.17, 15) is 4.79 Å². The molecule has 0 aromatic heterocycles. The minimum atomic E-state index is 0.123. The van der Waals surface area contributed by atoms with Crippen molar-refractivity contribution in [3.8, 4) is 0 Å². The molecule has 2 aromatic carbocycles. The summed E-state index contributed by atoms with van der Waals surface area (Å²) in [5, 5.41) is 0. The van der Waals surface area contributed by atoms with Gasteiger partial charge in [0.2, 0.25) is 5.91 Å². The fourth-order valence-electron chi connectivity index (χ4n) is 2.30. The van der Waals surface area contributed by atoms with Gasteiger partial charge in [-0.3, -0.25) is 9.69 Å². The Hall–Kier alpha value is -2.35. The van der Waals surface area contributed by atoms with Crippen molar-refractivity contribution in [1.29, 1.82) is 0 Å². The molecule has 0 unspecified atom stereocenters. The van der Waals surface area contributed by atoms with Crippen LogP contribution in [0.2, 0.25) is 0 Å². The first-order chi connectivity index (χ1) is 8.79. The third kappa shape index (κ3) is 1.63. The normalized spacial score (nSPS) is 13.6.